The Morgan fingerprint density at radius 1 is 1.38 bits per heavy atom. The Morgan fingerprint density at radius 3 is 2.56 bits per heavy atom. The maximum atomic E-state index is 12.0. The Morgan fingerprint density at radius 2 is 2.06 bits per heavy atom. The van der Waals surface area contributed by atoms with Crippen LogP contribution in [0.5, 0.6) is 0 Å². The molecule has 6 heteroatoms. The lowest BCUT2D eigenvalue weighted by Gasteiger charge is -2.32. The van der Waals surface area contributed by atoms with E-state index >= 15 is 0 Å². The van der Waals surface area contributed by atoms with Gasteiger partial charge < -0.3 is 9.80 Å². The zero-order chi connectivity index (χ0) is 11.5. The van der Waals surface area contributed by atoms with Crippen LogP contribution < -0.4 is 0 Å². The highest BCUT2D eigenvalue weighted by molar-refractivity contribution is 7.12. The summed E-state index contributed by atoms with van der Waals surface area (Å²) < 4.78 is 0. The third-order valence-electron chi connectivity index (χ3n) is 2.53. The van der Waals surface area contributed by atoms with E-state index in [-0.39, 0.29) is 5.91 Å². The fraction of sp³-hybridized carbons (Fsp3) is 0.400. The highest BCUT2D eigenvalue weighted by Crippen LogP contribution is 2.21. The van der Waals surface area contributed by atoms with Crippen molar-refractivity contribution in [3.63, 3.8) is 0 Å². The molecule has 16 heavy (non-hydrogen) atoms. The third-order valence-corrected chi connectivity index (χ3v) is 3.79. The van der Waals surface area contributed by atoms with Crippen molar-refractivity contribution in [1.82, 2.24) is 9.80 Å². The molecule has 1 aromatic rings. The van der Waals surface area contributed by atoms with Gasteiger partial charge in [0.05, 0.1) is 9.90 Å². The molecule has 2 amide bonds. The highest BCUT2D eigenvalue weighted by atomic mass is 35.5. The molecule has 1 aliphatic rings. The van der Waals surface area contributed by atoms with Crippen molar-refractivity contribution >= 4 is 35.3 Å². The van der Waals surface area contributed by atoms with E-state index in [1.54, 1.807) is 21.2 Å². The van der Waals surface area contributed by atoms with E-state index in [1.165, 1.54) is 11.3 Å². The van der Waals surface area contributed by atoms with Gasteiger partial charge in [-0.1, -0.05) is 11.6 Å². The van der Waals surface area contributed by atoms with Crippen LogP contribution in [0, 0.1) is 0 Å². The Hall–Kier alpha value is -1.07. The van der Waals surface area contributed by atoms with Crippen LogP contribution in [0.2, 0.25) is 5.02 Å². The molecule has 2 heterocycles. The molecule has 0 unspecified atom stereocenters. The Bertz CT molecular complexity index is 399. The maximum absolute atomic E-state index is 12.0. The first kappa shape index (κ1) is 11.4. The van der Waals surface area contributed by atoms with Gasteiger partial charge >= 0.3 is 0 Å². The fourth-order valence-corrected chi connectivity index (χ4v) is 2.65. The molecule has 1 saturated heterocycles. The van der Waals surface area contributed by atoms with Crippen molar-refractivity contribution in [2.45, 2.75) is 0 Å². The Kier molecular flexibility index (Phi) is 3.46. The summed E-state index contributed by atoms with van der Waals surface area (Å²) in [5, 5.41) is 2.34. The molecular weight excluding hydrogens is 248 g/mol. The molecule has 0 radical (unpaired) electrons. The molecule has 1 aromatic heterocycles. The normalized spacial score (nSPS) is 16.3. The summed E-state index contributed by atoms with van der Waals surface area (Å²) in [6.07, 6.45) is 0.823. The lowest BCUT2D eigenvalue weighted by Crippen LogP contribution is -2.47. The molecule has 0 atom stereocenters. The second-order valence-corrected chi connectivity index (χ2v) is 4.91. The monoisotopic (exact) mass is 258 g/mol. The van der Waals surface area contributed by atoms with E-state index in [0.29, 0.717) is 36.1 Å². The van der Waals surface area contributed by atoms with Crippen molar-refractivity contribution < 1.29 is 9.59 Å². The third kappa shape index (κ3) is 2.36. The number of carbonyl (C=O) groups excluding carboxylic acids is 2. The zero-order valence-electron chi connectivity index (χ0n) is 8.56. The number of hydrogen-bond acceptors (Lipinski definition) is 3. The number of piperazine rings is 1. The molecule has 1 fully saturated rings. The molecule has 1 aliphatic heterocycles. The second-order valence-electron chi connectivity index (χ2n) is 3.56. The van der Waals surface area contributed by atoms with Gasteiger partial charge in [-0.2, -0.15) is 0 Å². The van der Waals surface area contributed by atoms with Gasteiger partial charge in [-0.3, -0.25) is 9.59 Å². The highest BCUT2D eigenvalue weighted by Gasteiger charge is 2.22. The summed E-state index contributed by atoms with van der Waals surface area (Å²) in [5.74, 6) is 0.00227. The molecule has 0 aromatic carbocycles. The Balaban J connectivity index is 1.99. The van der Waals surface area contributed by atoms with Gasteiger partial charge in [-0.25, -0.2) is 0 Å². The number of rotatable bonds is 2. The molecular formula is C10H11ClN2O2S. The topological polar surface area (TPSA) is 40.6 Å². The predicted molar refractivity (Wildman–Crippen MR) is 62.9 cm³/mol. The van der Waals surface area contributed by atoms with E-state index in [1.807, 2.05) is 0 Å². The van der Waals surface area contributed by atoms with Gasteiger partial charge in [-0.15, -0.1) is 11.3 Å². The van der Waals surface area contributed by atoms with Crippen LogP contribution in [0.15, 0.2) is 11.4 Å². The van der Waals surface area contributed by atoms with Crippen LogP contribution in [-0.2, 0) is 4.79 Å². The first-order valence-electron chi connectivity index (χ1n) is 4.93. The molecule has 2 rings (SSSR count). The van der Waals surface area contributed by atoms with Crippen LogP contribution in [0.3, 0.4) is 0 Å². The lowest BCUT2D eigenvalue weighted by atomic mass is 10.3. The summed E-state index contributed by atoms with van der Waals surface area (Å²) in [6, 6.07) is 1.68. The summed E-state index contributed by atoms with van der Waals surface area (Å²) in [5.41, 5.74) is 0. The van der Waals surface area contributed by atoms with Crippen molar-refractivity contribution in [2.24, 2.45) is 0 Å². The smallest absolute Gasteiger partial charge is 0.264 e. The fourth-order valence-electron chi connectivity index (χ4n) is 1.61. The van der Waals surface area contributed by atoms with Gasteiger partial charge in [0.2, 0.25) is 6.41 Å². The summed E-state index contributed by atoms with van der Waals surface area (Å²) in [7, 11) is 0. The van der Waals surface area contributed by atoms with E-state index in [9.17, 15) is 9.59 Å². The molecule has 0 aliphatic carbocycles. The summed E-state index contributed by atoms with van der Waals surface area (Å²) in [4.78, 5) is 26.6. The van der Waals surface area contributed by atoms with Gasteiger partial charge in [0, 0.05) is 31.6 Å². The number of halogens is 1. The first-order valence-corrected chi connectivity index (χ1v) is 6.19. The van der Waals surface area contributed by atoms with Crippen LogP contribution in [-0.4, -0.2) is 48.3 Å². The number of amides is 2. The van der Waals surface area contributed by atoms with Crippen LogP contribution in [0.1, 0.15) is 9.67 Å². The van der Waals surface area contributed by atoms with Gasteiger partial charge in [0.15, 0.2) is 0 Å². The van der Waals surface area contributed by atoms with Crippen LogP contribution in [0.4, 0.5) is 0 Å². The van der Waals surface area contributed by atoms with Crippen molar-refractivity contribution in [2.75, 3.05) is 26.2 Å². The molecule has 86 valence electrons. The molecule has 0 bridgehead atoms. The molecule has 0 N–H and O–H groups in total. The molecule has 0 saturated carbocycles. The Labute approximate surface area is 102 Å². The largest absolute Gasteiger partial charge is 0.342 e. The standard InChI is InChI=1S/C10H11ClN2O2S/c11-8-5-9(16-6-8)10(15)13-3-1-12(7-14)2-4-13/h5-7H,1-4H2. The summed E-state index contributed by atoms with van der Waals surface area (Å²) >= 11 is 7.13. The molecule has 0 spiro atoms. The number of hydrogen-bond donors (Lipinski definition) is 0. The quantitative estimate of drug-likeness (QED) is 0.751. The average molecular weight is 259 g/mol. The second kappa shape index (κ2) is 4.84. The van der Waals surface area contributed by atoms with E-state index in [0.717, 1.165) is 6.41 Å². The van der Waals surface area contributed by atoms with Crippen molar-refractivity contribution in [3.8, 4) is 0 Å². The van der Waals surface area contributed by atoms with Gasteiger partial charge in [0.1, 0.15) is 0 Å². The zero-order valence-corrected chi connectivity index (χ0v) is 10.1. The van der Waals surface area contributed by atoms with Gasteiger partial charge in [-0.05, 0) is 6.07 Å². The lowest BCUT2D eigenvalue weighted by molar-refractivity contribution is -0.119. The van der Waals surface area contributed by atoms with Gasteiger partial charge in [0.25, 0.3) is 5.91 Å². The van der Waals surface area contributed by atoms with Crippen LogP contribution >= 0.6 is 22.9 Å². The van der Waals surface area contributed by atoms with Crippen molar-refractivity contribution in [3.05, 3.63) is 21.3 Å². The number of carbonyl (C=O) groups is 2. The minimum absolute atomic E-state index is 0.00227. The van der Waals surface area contributed by atoms with E-state index < -0.39 is 0 Å². The minimum atomic E-state index is 0.00227. The maximum Gasteiger partial charge on any atom is 0.264 e. The summed E-state index contributed by atoms with van der Waals surface area (Å²) in [6.45, 7) is 2.39. The van der Waals surface area contributed by atoms with Crippen LogP contribution in [0.25, 0.3) is 0 Å². The number of thiophene rings is 1. The number of nitrogens with zero attached hydrogens (tertiary/aromatic N) is 2. The van der Waals surface area contributed by atoms with E-state index in [4.69, 9.17) is 11.6 Å². The average Bonchev–Trinajstić information content (AvgIpc) is 2.75. The predicted octanol–water partition coefficient (Wildman–Crippen LogP) is 1.32. The van der Waals surface area contributed by atoms with E-state index in [2.05, 4.69) is 0 Å². The SMILES string of the molecule is O=CN1CCN(C(=O)c2cc(Cl)cs2)CC1. The molecule has 4 nitrogen and oxygen atoms in total. The van der Waals surface area contributed by atoms with Crippen molar-refractivity contribution in [1.29, 1.82) is 0 Å². The minimum Gasteiger partial charge on any atom is -0.342 e. The first-order chi connectivity index (χ1) is 7.70.